The minimum atomic E-state index is -0.694. The Balaban J connectivity index is 0.000000440. The summed E-state index contributed by atoms with van der Waals surface area (Å²) in [5.41, 5.74) is 1.68. The molecular weight excluding hydrogens is 572 g/mol. The lowest BCUT2D eigenvalue weighted by Crippen LogP contribution is -2.32. The molecule has 0 aromatic heterocycles. The number of hydrogen-bond donors (Lipinski definition) is 6. The second-order valence-electron chi connectivity index (χ2n) is 11.1. The maximum Gasteiger partial charge on any atom is 0.412 e. The van der Waals surface area contributed by atoms with Gasteiger partial charge in [0, 0.05) is 24.2 Å². The fraction of sp³-hybridized carbons (Fsp3) is 0.400. The third-order valence-electron chi connectivity index (χ3n) is 4.98. The van der Waals surface area contributed by atoms with Crippen molar-refractivity contribution in [3.05, 3.63) is 70.8 Å². The zero-order chi connectivity index (χ0) is 33.5. The Kier molecular flexibility index (Phi) is 14.3. The van der Waals surface area contributed by atoms with E-state index in [2.05, 4.69) is 30.7 Å². The van der Waals surface area contributed by atoms with Crippen molar-refractivity contribution in [1.82, 2.24) is 21.3 Å². The maximum atomic E-state index is 11.5. The predicted molar refractivity (Wildman–Crippen MR) is 164 cm³/mol. The first-order valence-corrected chi connectivity index (χ1v) is 13.4. The first-order chi connectivity index (χ1) is 20.4. The molecule has 0 aliphatic heterocycles. The fourth-order valence-corrected chi connectivity index (χ4v) is 3.01. The highest BCUT2D eigenvalue weighted by molar-refractivity contribution is 6.05. The van der Waals surface area contributed by atoms with Crippen LogP contribution in [0.25, 0.3) is 0 Å². The van der Waals surface area contributed by atoms with Gasteiger partial charge in [-0.15, -0.1) is 0 Å². The Morgan fingerprint density at radius 2 is 0.864 bits per heavy atom. The van der Waals surface area contributed by atoms with Crippen molar-refractivity contribution in [2.24, 2.45) is 0 Å². The van der Waals surface area contributed by atoms with Crippen LogP contribution < -0.4 is 21.3 Å². The number of rotatable bonds is 6. The van der Waals surface area contributed by atoms with Crippen molar-refractivity contribution in [3.8, 4) is 0 Å². The monoisotopic (exact) mass is 614 g/mol. The number of hydrogen-bond acceptors (Lipinski definition) is 10. The van der Waals surface area contributed by atoms with E-state index < -0.39 is 35.6 Å². The van der Waals surface area contributed by atoms with Gasteiger partial charge in [-0.25, -0.2) is 19.2 Å². The maximum absolute atomic E-state index is 11.5. The van der Waals surface area contributed by atoms with Crippen LogP contribution in [-0.2, 0) is 32.0 Å². The molecule has 0 saturated heterocycles. The van der Waals surface area contributed by atoms with Crippen LogP contribution in [0.5, 0.6) is 0 Å². The topological polar surface area (TPSA) is 201 Å². The second-order valence-corrected chi connectivity index (χ2v) is 11.1. The Morgan fingerprint density at radius 1 is 0.568 bits per heavy atom. The fourth-order valence-electron chi connectivity index (χ4n) is 3.01. The minimum absolute atomic E-state index is 0.0569. The quantitative estimate of drug-likeness (QED) is 0.151. The van der Waals surface area contributed by atoms with E-state index in [1.165, 1.54) is 14.2 Å². The molecule has 2 rings (SSSR count). The van der Waals surface area contributed by atoms with E-state index in [4.69, 9.17) is 20.3 Å². The Labute approximate surface area is 257 Å². The third-order valence-corrected chi connectivity index (χ3v) is 4.98. The van der Waals surface area contributed by atoms with Crippen LogP contribution in [0, 0.1) is 10.8 Å². The van der Waals surface area contributed by atoms with E-state index in [9.17, 15) is 19.2 Å². The number of carbonyl (C=O) groups is 4. The number of methoxy groups -OCH3 is 2. The lowest BCUT2D eigenvalue weighted by molar-refractivity contribution is 0.0512. The van der Waals surface area contributed by atoms with Gasteiger partial charge in [-0.05, 0) is 52.7 Å². The van der Waals surface area contributed by atoms with E-state index in [1.807, 2.05) is 0 Å². The largest absolute Gasteiger partial charge is 0.453 e. The normalized spacial score (nSPS) is 10.5. The lowest BCUT2D eigenvalue weighted by atomic mass is 10.1. The van der Waals surface area contributed by atoms with E-state index in [0.29, 0.717) is 24.2 Å². The molecule has 0 saturated carbocycles. The molecule has 0 radical (unpaired) electrons. The molecule has 0 spiro atoms. The molecule has 2 aromatic rings. The van der Waals surface area contributed by atoms with Gasteiger partial charge in [-0.1, -0.05) is 48.5 Å². The second kappa shape index (κ2) is 17.1. The van der Waals surface area contributed by atoms with Gasteiger partial charge in [-0.2, -0.15) is 0 Å². The van der Waals surface area contributed by atoms with E-state index in [0.717, 1.165) is 11.1 Å². The van der Waals surface area contributed by atoms with Crippen LogP contribution >= 0.6 is 0 Å². The zero-order valence-corrected chi connectivity index (χ0v) is 26.3. The summed E-state index contributed by atoms with van der Waals surface area (Å²) >= 11 is 0. The molecule has 14 nitrogen and oxygen atoms in total. The van der Waals surface area contributed by atoms with E-state index in [-0.39, 0.29) is 11.7 Å². The van der Waals surface area contributed by atoms with Gasteiger partial charge in [0.05, 0.1) is 14.2 Å². The summed E-state index contributed by atoms with van der Waals surface area (Å²) in [7, 11) is 2.46. The van der Waals surface area contributed by atoms with E-state index in [1.54, 1.807) is 90.1 Å². The highest BCUT2D eigenvalue weighted by Gasteiger charge is 2.17. The summed E-state index contributed by atoms with van der Waals surface area (Å²) in [6, 6.07) is 13.7. The first-order valence-electron chi connectivity index (χ1n) is 13.4. The summed E-state index contributed by atoms with van der Waals surface area (Å²) in [5.74, 6) is -0.114. The number of amides is 4. The zero-order valence-electron chi connectivity index (χ0n) is 26.3. The smallest absolute Gasteiger partial charge is 0.412 e. The number of amidine groups is 2. The van der Waals surface area contributed by atoms with Crippen molar-refractivity contribution >= 4 is 36.0 Å². The van der Waals surface area contributed by atoms with E-state index >= 15 is 0 Å². The van der Waals surface area contributed by atoms with Crippen LogP contribution in [0.2, 0.25) is 0 Å². The summed E-state index contributed by atoms with van der Waals surface area (Å²) in [5, 5.41) is 25.2. The molecule has 0 bridgehead atoms. The van der Waals surface area contributed by atoms with Crippen LogP contribution in [-0.4, -0.2) is 61.5 Å². The Bertz CT molecular complexity index is 1200. The minimum Gasteiger partial charge on any atom is -0.453 e. The number of nitrogens with one attached hydrogen (secondary N) is 6. The standard InChI is InChI=1S/2C15H21N3O4/c2*1-15(2,3)22-13(19)17-9-10-5-7-11(8-6-10)12(16)18-14(20)21-4/h2*5-8H,9H2,1-4H3,(H,17,19)(H2,16,18,20). The van der Waals surface area contributed by atoms with Gasteiger partial charge in [0.2, 0.25) is 0 Å². The van der Waals surface area contributed by atoms with Crippen molar-refractivity contribution in [2.75, 3.05) is 14.2 Å². The van der Waals surface area contributed by atoms with Crippen LogP contribution in [0.15, 0.2) is 48.5 Å². The Morgan fingerprint density at radius 3 is 1.11 bits per heavy atom. The molecule has 2 aromatic carbocycles. The van der Waals surface area contributed by atoms with Crippen molar-refractivity contribution in [2.45, 2.75) is 65.8 Å². The van der Waals surface area contributed by atoms with Gasteiger partial charge in [-0.3, -0.25) is 21.5 Å². The van der Waals surface area contributed by atoms with Crippen LogP contribution in [0.3, 0.4) is 0 Å². The number of ether oxygens (including phenoxy) is 4. The SMILES string of the molecule is COC(=O)NC(=N)c1ccc(CNC(=O)OC(C)(C)C)cc1.COC(=O)NC(=N)c1ccc(CNC(=O)OC(C)(C)C)cc1. The van der Waals surface area contributed by atoms with Gasteiger partial charge in [0.15, 0.2) is 0 Å². The third kappa shape index (κ3) is 15.7. The van der Waals surface area contributed by atoms with Crippen LogP contribution in [0.4, 0.5) is 19.2 Å². The average Bonchev–Trinajstić information content (AvgIpc) is 2.93. The predicted octanol–water partition coefficient (Wildman–Crippen LogP) is 4.79. The van der Waals surface area contributed by atoms with Gasteiger partial charge >= 0.3 is 24.4 Å². The summed E-state index contributed by atoms with van der Waals surface area (Å²) in [6.45, 7) is 11.4. The molecular formula is C30H42N6O8. The summed E-state index contributed by atoms with van der Waals surface area (Å²) < 4.78 is 19.1. The van der Waals surface area contributed by atoms with Crippen molar-refractivity contribution in [1.29, 1.82) is 10.8 Å². The van der Waals surface area contributed by atoms with Crippen molar-refractivity contribution in [3.63, 3.8) is 0 Å². The highest BCUT2D eigenvalue weighted by Crippen LogP contribution is 2.09. The molecule has 44 heavy (non-hydrogen) atoms. The number of benzene rings is 2. The van der Waals surface area contributed by atoms with Gasteiger partial charge < -0.3 is 29.6 Å². The van der Waals surface area contributed by atoms with Crippen molar-refractivity contribution < 1.29 is 38.1 Å². The average molecular weight is 615 g/mol. The molecule has 0 fully saturated rings. The summed E-state index contributed by atoms with van der Waals surface area (Å²) in [6.07, 6.45) is -2.37. The Hall–Kier alpha value is -5.14. The number of carbonyl (C=O) groups excluding carboxylic acids is 4. The molecule has 240 valence electrons. The molecule has 14 heteroatoms. The van der Waals surface area contributed by atoms with Gasteiger partial charge in [0.1, 0.15) is 22.9 Å². The number of alkyl carbamates (subject to hydrolysis) is 4. The molecule has 0 atom stereocenters. The molecule has 4 amide bonds. The molecule has 6 N–H and O–H groups in total. The van der Waals surface area contributed by atoms with Gasteiger partial charge in [0.25, 0.3) is 0 Å². The van der Waals surface area contributed by atoms with Crippen LogP contribution in [0.1, 0.15) is 63.8 Å². The molecule has 0 heterocycles. The molecule has 0 aliphatic carbocycles. The highest BCUT2D eigenvalue weighted by atomic mass is 16.6. The summed E-state index contributed by atoms with van der Waals surface area (Å²) in [4.78, 5) is 45.1. The first kappa shape index (κ1) is 36.9. The molecule has 0 aliphatic rings. The molecule has 0 unspecified atom stereocenters. The lowest BCUT2D eigenvalue weighted by Gasteiger charge is -2.19.